The fraction of sp³-hybridized carbons (Fsp3) is 0.385. The summed E-state index contributed by atoms with van der Waals surface area (Å²) >= 11 is 5.87. The first-order chi connectivity index (χ1) is 9.96. The van der Waals surface area contributed by atoms with Gasteiger partial charge in [-0.05, 0) is 18.6 Å². The number of imide groups is 1. The van der Waals surface area contributed by atoms with Gasteiger partial charge in [0.25, 0.3) is 5.91 Å². The Bertz CT molecular complexity index is 605. The molecule has 0 aliphatic carbocycles. The molecular weight excluding hydrogens is 296 g/mol. The lowest BCUT2D eigenvalue weighted by molar-refractivity contribution is -0.138. The van der Waals surface area contributed by atoms with E-state index in [1.807, 2.05) is 0 Å². The summed E-state index contributed by atoms with van der Waals surface area (Å²) in [5.41, 5.74) is 0.278. The molecule has 1 fully saturated rings. The minimum absolute atomic E-state index is 0.155. The number of carbonyl (C=O) groups is 3. The molecule has 0 saturated carbocycles. The molecule has 0 radical (unpaired) electrons. The first kappa shape index (κ1) is 15.2. The fourth-order valence-corrected chi connectivity index (χ4v) is 2.41. The fourth-order valence-electron chi connectivity index (χ4n) is 2.20. The highest BCUT2D eigenvalue weighted by molar-refractivity contribution is 6.30. The van der Waals surface area contributed by atoms with Crippen LogP contribution >= 0.6 is 11.6 Å². The van der Waals surface area contributed by atoms with Crippen molar-refractivity contribution in [2.45, 2.75) is 19.4 Å². The molecule has 7 nitrogen and oxygen atoms in total. The van der Waals surface area contributed by atoms with Crippen molar-refractivity contribution in [1.29, 1.82) is 0 Å². The monoisotopic (exact) mass is 310 g/mol. The first-order valence-corrected chi connectivity index (χ1v) is 6.84. The Hall–Kier alpha value is -2.15. The Balaban J connectivity index is 2.35. The van der Waals surface area contributed by atoms with Crippen LogP contribution in [0.15, 0.2) is 12.1 Å². The third kappa shape index (κ3) is 3.13. The van der Waals surface area contributed by atoms with Gasteiger partial charge in [-0.2, -0.15) is 0 Å². The van der Waals surface area contributed by atoms with Gasteiger partial charge in [0.1, 0.15) is 23.6 Å². The van der Waals surface area contributed by atoms with Crippen molar-refractivity contribution in [2.75, 3.05) is 18.9 Å². The second-order valence-electron chi connectivity index (χ2n) is 4.58. The number of hydrogen-bond donors (Lipinski definition) is 2. The minimum atomic E-state index is -0.667. The molecule has 1 aromatic heterocycles. The highest BCUT2D eigenvalue weighted by atomic mass is 35.5. The number of anilines is 1. The summed E-state index contributed by atoms with van der Waals surface area (Å²) in [6, 6.07) is 2.27. The highest BCUT2D eigenvalue weighted by Gasteiger charge is 2.36. The number of piperazine rings is 1. The standard InChI is InChI=1S/C13H15ClN4O3/c1-3-8-12(20)17-11(19)6-18(8)13(21)7-4-9(14)16-10(5-7)15-2/h4-5,8H,3,6H2,1-2H3,(H,15,16)(H,17,19,20). The molecule has 2 rings (SSSR count). The van der Waals surface area contributed by atoms with Gasteiger partial charge >= 0.3 is 0 Å². The van der Waals surface area contributed by atoms with E-state index in [-0.39, 0.29) is 17.3 Å². The zero-order chi connectivity index (χ0) is 15.6. The number of rotatable bonds is 3. The third-order valence-corrected chi connectivity index (χ3v) is 3.39. The summed E-state index contributed by atoms with van der Waals surface area (Å²) < 4.78 is 0. The summed E-state index contributed by atoms with van der Waals surface area (Å²) in [7, 11) is 1.65. The van der Waals surface area contributed by atoms with Gasteiger partial charge in [0.15, 0.2) is 0 Å². The number of pyridine rings is 1. The molecule has 2 N–H and O–H groups in total. The SMILES string of the molecule is CCC1C(=O)NC(=O)CN1C(=O)c1cc(Cl)nc(NC)c1. The third-order valence-electron chi connectivity index (χ3n) is 3.20. The molecule has 1 aliphatic rings. The molecule has 1 aromatic rings. The number of hydrogen-bond acceptors (Lipinski definition) is 5. The summed E-state index contributed by atoms with van der Waals surface area (Å²) in [5, 5.41) is 5.18. The van der Waals surface area contributed by atoms with Crippen LogP contribution in [-0.4, -0.2) is 47.2 Å². The predicted molar refractivity (Wildman–Crippen MR) is 77.1 cm³/mol. The maximum absolute atomic E-state index is 12.6. The van der Waals surface area contributed by atoms with E-state index in [1.54, 1.807) is 14.0 Å². The Morgan fingerprint density at radius 2 is 2.24 bits per heavy atom. The van der Waals surface area contributed by atoms with Crippen molar-refractivity contribution in [3.05, 3.63) is 22.8 Å². The molecule has 112 valence electrons. The molecule has 0 aromatic carbocycles. The van der Waals surface area contributed by atoms with Crippen molar-refractivity contribution in [3.63, 3.8) is 0 Å². The van der Waals surface area contributed by atoms with Gasteiger partial charge < -0.3 is 10.2 Å². The number of aromatic nitrogens is 1. The zero-order valence-electron chi connectivity index (χ0n) is 11.6. The highest BCUT2D eigenvalue weighted by Crippen LogP contribution is 2.19. The number of halogens is 1. The van der Waals surface area contributed by atoms with Crippen molar-refractivity contribution in [1.82, 2.24) is 15.2 Å². The molecule has 1 unspecified atom stereocenters. The summed E-state index contributed by atoms with van der Waals surface area (Å²) in [5.74, 6) is -0.944. The molecule has 1 aliphatic heterocycles. The second-order valence-corrected chi connectivity index (χ2v) is 4.97. The summed E-state index contributed by atoms with van der Waals surface area (Å²) in [6.07, 6.45) is 0.419. The van der Waals surface area contributed by atoms with Crippen LogP contribution in [-0.2, 0) is 9.59 Å². The van der Waals surface area contributed by atoms with Crippen molar-refractivity contribution in [3.8, 4) is 0 Å². The van der Waals surface area contributed by atoms with E-state index in [0.717, 1.165) is 0 Å². The number of nitrogens with one attached hydrogen (secondary N) is 2. The van der Waals surface area contributed by atoms with Crippen LogP contribution in [0.4, 0.5) is 5.82 Å². The lowest BCUT2D eigenvalue weighted by Crippen LogP contribution is -2.59. The molecule has 2 heterocycles. The predicted octanol–water partition coefficient (Wildman–Crippen LogP) is 0.654. The maximum atomic E-state index is 12.6. The Kier molecular flexibility index (Phi) is 4.42. The topological polar surface area (TPSA) is 91.4 Å². The molecule has 0 bridgehead atoms. The molecule has 0 spiro atoms. The second kappa shape index (κ2) is 6.09. The van der Waals surface area contributed by atoms with Gasteiger partial charge in [0.05, 0.1) is 0 Å². The van der Waals surface area contributed by atoms with Crippen LogP contribution in [0.5, 0.6) is 0 Å². The molecule has 3 amide bonds. The van der Waals surface area contributed by atoms with E-state index in [9.17, 15) is 14.4 Å². The van der Waals surface area contributed by atoms with Crippen LogP contribution in [0.2, 0.25) is 5.15 Å². The number of amides is 3. The van der Waals surface area contributed by atoms with E-state index in [1.165, 1.54) is 17.0 Å². The van der Waals surface area contributed by atoms with Gasteiger partial charge in [-0.25, -0.2) is 4.98 Å². The van der Waals surface area contributed by atoms with Crippen molar-refractivity contribution < 1.29 is 14.4 Å². The molecule has 1 saturated heterocycles. The van der Waals surface area contributed by atoms with Crippen LogP contribution in [0.25, 0.3) is 0 Å². The first-order valence-electron chi connectivity index (χ1n) is 6.46. The Labute approximate surface area is 126 Å². The van der Waals surface area contributed by atoms with Gasteiger partial charge in [-0.1, -0.05) is 18.5 Å². The van der Waals surface area contributed by atoms with Gasteiger partial charge in [-0.15, -0.1) is 0 Å². The van der Waals surface area contributed by atoms with Gasteiger partial charge in [0.2, 0.25) is 11.8 Å². The van der Waals surface area contributed by atoms with Crippen molar-refractivity contribution in [2.24, 2.45) is 0 Å². The smallest absolute Gasteiger partial charge is 0.255 e. The lowest BCUT2D eigenvalue weighted by atomic mass is 10.1. The number of nitrogens with zero attached hydrogens (tertiary/aromatic N) is 2. The summed E-state index contributed by atoms with van der Waals surface area (Å²) in [6.45, 7) is 1.62. The van der Waals surface area contributed by atoms with Gasteiger partial charge in [0, 0.05) is 12.6 Å². The zero-order valence-corrected chi connectivity index (χ0v) is 12.4. The van der Waals surface area contributed by atoms with E-state index < -0.39 is 23.8 Å². The van der Waals surface area contributed by atoms with Crippen LogP contribution in [0, 0.1) is 0 Å². The van der Waals surface area contributed by atoms with E-state index in [0.29, 0.717) is 12.2 Å². The van der Waals surface area contributed by atoms with Gasteiger partial charge in [-0.3, -0.25) is 19.7 Å². The van der Waals surface area contributed by atoms with Crippen LogP contribution in [0.1, 0.15) is 23.7 Å². The maximum Gasteiger partial charge on any atom is 0.255 e. The molecule has 8 heteroatoms. The molecular formula is C13H15ClN4O3. The quantitative estimate of drug-likeness (QED) is 0.632. The minimum Gasteiger partial charge on any atom is -0.373 e. The normalized spacial score (nSPS) is 18.4. The van der Waals surface area contributed by atoms with Crippen LogP contribution < -0.4 is 10.6 Å². The molecule has 21 heavy (non-hydrogen) atoms. The molecule has 1 atom stereocenters. The largest absolute Gasteiger partial charge is 0.373 e. The Morgan fingerprint density at radius 1 is 1.52 bits per heavy atom. The van der Waals surface area contributed by atoms with E-state index in [4.69, 9.17) is 11.6 Å². The van der Waals surface area contributed by atoms with Crippen LogP contribution in [0.3, 0.4) is 0 Å². The lowest BCUT2D eigenvalue weighted by Gasteiger charge is -2.33. The van der Waals surface area contributed by atoms with Crippen molar-refractivity contribution >= 4 is 35.1 Å². The summed E-state index contributed by atoms with van der Waals surface area (Å²) in [4.78, 5) is 41.1. The average molecular weight is 311 g/mol. The Morgan fingerprint density at radius 3 is 2.86 bits per heavy atom. The van der Waals surface area contributed by atoms with E-state index >= 15 is 0 Å². The number of carbonyl (C=O) groups excluding carboxylic acids is 3. The van der Waals surface area contributed by atoms with E-state index in [2.05, 4.69) is 15.6 Å². The average Bonchev–Trinajstić information content (AvgIpc) is 2.45.